The van der Waals surface area contributed by atoms with Crippen LogP contribution >= 0.6 is 0 Å². The van der Waals surface area contributed by atoms with Crippen molar-refractivity contribution in [3.05, 3.63) is 0 Å². The van der Waals surface area contributed by atoms with Gasteiger partial charge in [-0.25, -0.2) is 0 Å². The van der Waals surface area contributed by atoms with Gasteiger partial charge in [0.2, 0.25) is 0 Å². The van der Waals surface area contributed by atoms with Crippen LogP contribution in [0.5, 0.6) is 0 Å². The van der Waals surface area contributed by atoms with Gasteiger partial charge in [0.25, 0.3) is 0 Å². The summed E-state index contributed by atoms with van der Waals surface area (Å²) >= 11 is 0. The fourth-order valence-corrected chi connectivity index (χ4v) is 1.40. The van der Waals surface area contributed by atoms with Gasteiger partial charge >= 0.3 is 6.15 Å². The molecule has 1 saturated carbocycles. The molecular weight excluding hydrogens is 144 g/mol. The molecule has 0 bridgehead atoms. The summed E-state index contributed by atoms with van der Waals surface area (Å²) in [7, 11) is 0. The summed E-state index contributed by atoms with van der Waals surface area (Å²) in [5.41, 5.74) is 0. The zero-order valence-corrected chi connectivity index (χ0v) is 6.75. The van der Waals surface area contributed by atoms with E-state index in [0.29, 0.717) is 0 Å². The SMILES string of the molecule is C[C@H]1CCC[C@@H](O)C1.O=C=O. The summed E-state index contributed by atoms with van der Waals surface area (Å²) in [6.45, 7) is 2.21. The molecule has 64 valence electrons. The predicted molar refractivity (Wildman–Crippen MR) is 38.6 cm³/mol. The molecule has 0 spiro atoms. The molecular formula is C8H14O3. The Hall–Kier alpha value is -0.660. The van der Waals surface area contributed by atoms with Crippen molar-refractivity contribution >= 4 is 6.15 Å². The van der Waals surface area contributed by atoms with E-state index < -0.39 is 0 Å². The molecule has 0 unspecified atom stereocenters. The van der Waals surface area contributed by atoms with Gasteiger partial charge in [-0.3, -0.25) is 0 Å². The Labute approximate surface area is 66.4 Å². The molecule has 0 aliphatic heterocycles. The maximum Gasteiger partial charge on any atom is 0.373 e. The van der Waals surface area contributed by atoms with Crippen molar-refractivity contribution in [2.75, 3.05) is 0 Å². The van der Waals surface area contributed by atoms with Crippen LogP contribution in [0.25, 0.3) is 0 Å². The van der Waals surface area contributed by atoms with Crippen LogP contribution in [0, 0.1) is 5.92 Å². The third-order valence-corrected chi connectivity index (χ3v) is 1.91. The van der Waals surface area contributed by atoms with Gasteiger partial charge in [-0.05, 0) is 18.8 Å². The van der Waals surface area contributed by atoms with Crippen molar-refractivity contribution in [3.63, 3.8) is 0 Å². The van der Waals surface area contributed by atoms with Gasteiger partial charge < -0.3 is 5.11 Å². The van der Waals surface area contributed by atoms with Crippen molar-refractivity contribution < 1.29 is 14.7 Å². The molecule has 3 heteroatoms. The summed E-state index contributed by atoms with van der Waals surface area (Å²) in [5.74, 6) is 0.763. The Morgan fingerprint density at radius 1 is 1.36 bits per heavy atom. The molecule has 1 rings (SSSR count). The Morgan fingerprint density at radius 3 is 2.18 bits per heavy atom. The minimum atomic E-state index is 0.0127. The highest BCUT2D eigenvalue weighted by Crippen LogP contribution is 2.22. The molecule has 0 radical (unpaired) electrons. The number of hydrogen-bond donors (Lipinski definition) is 1. The standard InChI is InChI=1S/C7H14O.CO2/c1-6-3-2-4-7(8)5-6;2-1-3/h6-8H,2-5H2,1H3;/t6-,7+;/m0./s1. The molecule has 1 N–H and O–H groups in total. The number of hydrogen-bond acceptors (Lipinski definition) is 3. The monoisotopic (exact) mass is 158 g/mol. The fourth-order valence-electron chi connectivity index (χ4n) is 1.40. The second kappa shape index (κ2) is 6.08. The van der Waals surface area contributed by atoms with Crippen LogP contribution in [0.2, 0.25) is 0 Å². The van der Waals surface area contributed by atoms with Gasteiger partial charge in [-0.1, -0.05) is 19.8 Å². The maximum atomic E-state index is 9.08. The Kier molecular flexibility index (Phi) is 5.71. The first-order valence-corrected chi connectivity index (χ1v) is 3.88. The summed E-state index contributed by atoms with van der Waals surface area (Å²) in [6, 6.07) is 0. The molecule has 2 atom stereocenters. The van der Waals surface area contributed by atoms with Crippen LogP contribution < -0.4 is 0 Å². The molecule has 1 aliphatic carbocycles. The van der Waals surface area contributed by atoms with E-state index >= 15 is 0 Å². The molecule has 1 fully saturated rings. The lowest BCUT2D eigenvalue weighted by molar-refractivity contribution is -0.191. The molecule has 0 aromatic carbocycles. The third-order valence-electron chi connectivity index (χ3n) is 1.91. The van der Waals surface area contributed by atoms with Gasteiger partial charge in [0, 0.05) is 0 Å². The van der Waals surface area contributed by atoms with E-state index in [-0.39, 0.29) is 12.3 Å². The zero-order valence-electron chi connectivity index (χ0n) is 6.75. The van der Waals surface area contributed by atoms with Crippen molar-refractivity contribution in [1.29, 1.82) is 0 Å². The van der Waals surface area contributed by atoms with E-state index in [0.717, 1.165) is 18.8 Å². The molecule has 0 aromatic heterocycles. The number of aliphatic hydroxyl groups excluding tert-OH is 1. The van der Waals surface area contributed by atoms with Crippen molar-refractivity contribution in [2.24, 2.45) is 5.92 Å². The van der Waals surface area contributed by atoms with E-state index in [2.05, 4.69) is 6.92 Å². The van der Waals surface area contributed by atoms with Crippen LogP contribution in [0.1, 0.15) is 32.6 Å². The van der Waals surface area contributed by atoms with Crippen molar-refractivity contribution in [3.8, 4) is 0 Å². The molecule has 11 heavy (non-hydrogen) atoms. The largest absolute Gasteiger partial charge is 0.393 e. The lowest BCUT2D eigenvalue weighted by Gasteiger charge is -2.21. The third kappa shape index (κ3) is 5.77. The van der Waals surface area contributed by atoms with Crippen LogP contribution in [-0.4, -0.2) is 17.4 Å². The van der Waals surface area contributed by atoms with E-state index in [1.54, 1.807) is 0 Å². The van der Waals surface area contributed by atoms with Gasteiger partial charge in [0.05, 0.1) is 6.10 Å². The topological polar surface area (TPSA) is 54.4 Å². The molecule has 0 saturated heterocycles. The summed E-state index contributed by atoms with van der Waals surface area (Å²) in [6.07, 6.45) is 4.86. The first-order valence-electron chi connectivity index (χ1n) is 3.88. The summed E-state index contributed by atoms with van der Waals surface area (Å²) < 4.78 is 0. The second-order valence-electron chi connectivity index (χ2n) is 3.01. The highest BCUT2D eigenvalue weighted by molar-refractivity contribution is 5.20. The van der Waals surface area contributed by atoms with Gasteiger partial charge in [0.1, 0.15) is 0 Å². The molecule has 0 heterocycles. The zero-order chi connectivity index (χ0) is 8.69. The van der Waals surface area contributed by atoms with Gasteiger partial charge in [0.15, 0.2) is 0 Å². The summed E-state index contributed by atoms with van der Waals surface area (Å²) in [4.78, 5) is 16.2. The lowest BCUT2D eigenvalue weighted by atomic mass is 9.89. The first-order chi connectivity index (χ1) is 5.20. The summed E-state index contributed by atoms with van der Waals surface area (Å²) in [5, 5.41) is 9.08. The highest BCUT2D eigenvalue weighted by atomic mass is 16.3. The van der Waals surface area contributed by atoms with Crippen LogP contribution in [0.15, 0.2) is 0 Å². The number of aliphatic hydroxyl groups is 1. The van der Waals surface area contributed by atoms with E-state index in [1.807, 2.05) is 0 Å². The average Bonchev–Trinajstić information content (AvgIpc) is 1.88. The predicted octanol–water partition coefficient (Wildman–Crippen LogP) is 0.974. The van der Waals surface area contributed by atoms with E-state index in [1.165, 1.54) is 12.8 Å². The first kappa shape index (κ1) is 10.3. The molecule has 1 aliphatic rings. The van der Waals surface area contributed by atoms with Crippen LogP contribution in [0.3, 0.4) is 0 Å². The second-order valence-corrected chi connectivity index (χ2v) is 3.01. The molecule has 0 aromatic rings. The van der Waals surface area contributed by atoms with Crippen molar-refractivity contribution in [1.82, 2.24) is 0 Å². The maximum absolute atomic E-state index is 9.08. The smallest absolute Gasteiger partial charge is 0.373 e. The fraction of sp³-hybridized carbons (Fsp3) is 0.875. The van der Waals surface area contributed by atoms with Crippen LogP contribution in [0.4, 0.5) is 0 Å². The highest BCUT2D eigenvalue weighted by Gasteiger charge is 2.15. The quantitative estimate of drug-likeness (QED) is 0.571. The van der Waals surface area contributed by atoms with Crippen LogP contribution in [-0.2, 0) is 9.59 Å². The number of rotatable bonds is 0. The molecule has 0 amide bonds. The van der Waals surface area contributed by atoms with E-state index in [4.69, 9.17) is 14.7 Å². The van der Waals surface area contributed by atoms with E-state index in [9.17, 15) is 0 Å². The lowest BCUT2D eigenvalue weighted by Crippen LogP contribution is -2.16. The van der Waals surface area contributed by atoms with Crippen molar-refractivity contribution in [2.45, 2.75) is 38.7 Å². The minimum Gasteiger partial charge on any atom is -0.393 e. The Morgan fingerprint density at radius 2 is 1.91 bits per heavy atom. The minimum absolute atomic E-state index is 0.0127. The van der Waals surface area contributed by atoms with Gasteiger partial charge in [-0.2, -0.15) is 9.59 Å². The van der Waals surface area contributed by atoms with Gasteiger partial charge in [-0.15, -0.1) is 0 Å². The number of carbonyl (C=O) groups excluding carboxylic acids is 2. The Balaban J connectivity index is 0.000000292. The molecule has 3 nitrogen and oxygen atoms in total. The Bertz CT molecular complexity index is 119. The average molecular weight is 158 g/mol. The normalized spacial score (nSPS) is 29.6.